The molecule has 0 spiro atoms. The molecule has 0 heterocycles. The van der Waals surface area contributed by atoms with E-state index in [2.05, 4.69) is 0 Å². The average molecular weight is 170 g/mol. The first-order valence-electron chi connectivity index (χ1n) is 2.61. The number of alkyl halides is 1. The van der Waals surface area contributed by atoms with Gasteiger partial charge < -0.3 is 0 Å². The van der Waals surface area contributed by atoms with Gasteiger partial charge in [0.25, 0.3) is 0 Å². The molecule has 0 saturated carbocycles. The van der Waals surface area contributed by atoms with Crippen LogP contribution >= 0.6 is 24.0 Å². The van der Waals surface area contributed by atoms with Crippen LogP contribution in [0.15, 0.2) is 12.2 Å². The third kappa shape index (κ3) is 6.16. The summed E-state index contributed by atoms with van der Waals surface area (Å²) >= 11 is 5.75. The maximum absolute atomic E-state index is 5.75. The van der Waals surface area contributed by atoms with E-state index >= 15 is 0 Å². The smallest absolute Gasteiger partial charge is 0.103 e. The normalized spacial score (nSPS) is 13.9. The van der Waals surface area contributed by atoms with Gasteiger partial charge in [0, 0.05) is 0 Å². The van der Waals surface area contributed by atoms with Crippen molar-refractivity contribution in [1.82, 2.24) is 4.90 Å². The molecule has 0 aromatic rings. The van der Waals surface area contributed by atoms with Gasteiger partial charge in [-0.15, -0.1) is 24.0 Å². The van der Waals surface area contributed by atoms with Gasteiger partial charge in [-0.05, 0) is 21.0 Å². The number of hydrogen-bond donors (Lipinski definition) is 0. The number of likely N-dealkylation sites (N-methyl/N-ethyl adjacent to an activating group) is 1. The molecule has 0 aliphatic heterocycles. The summed E-state index contributed by atoms with van der Waals surface area (Å²) in [6.45, 7) is 1.96. The van der Waals surface area contributed by atoms with E-state index in [-0.39, 0.29) is 17.9 Å². The predicted molar refractivity (Wildman–Crippen MR) is 45.4 cm³/mol. The van der Waals surface area contributed by atoms with Crippen molar-refractivity contribution in [3.05, 3.63) is 12.2 Å². The Kier molecular flexibility index (Phi) is 8.54. The lowest BCUT2D eigenvalue weighted by atomic mass is 10.5. The molecule has 0 aliphatic rings. The van der Waals surface area contributed by atoms with E-state index in [0.717, 1.165) is 0 Å². The molecule has 0 aromatic carbocycles. The van der Waals surface area contributed by atoms with Crippen LogP contribution in [-0.4, -0.2) is 24.5 Å². The molecule has 0 amide bonds. The third-order valence-corrected chi connectivity index (χ3v) is 1.38. The van der Waals surface area contributed by atoms with E-state index in [1.54, 1.807) is 0 Å². The van der Waals surface area contributed by atoms with Gasteiger partial charge in [0.2, 0.25) is 0 Å². The molecule has 0 N–H and O–H groups in total. The van der Waals surface area contributed by atoms with Gasteiger partial charge in [-0.2, -0.15) is 0 Å². The highest BCUT2D eigenvalue weighted by Crippen LogP contribution is 1.99. The lowest BCUT2D eigenvalue weighted by Gasteiger charge is -2.11. The quantitative estimate of drug-likeness (QED) is 0.348. The van der Waals surface area contributed by atoms with E-state index in [4.69, 9.17) is 11.6 Å². The molecule has 0 saturated heterocycles. The minimum atomic E-state index is 0. The summed E-state index contributed by atoms with van der Waals surface area (Å²) in [5, 5.41) is 0. The molecule has 0 bridgehead atoms. The molecule has 0 aliphatic carbocycles. The monoisotopic (exact) mass is 169 g/mol. The zero-order chi connectivity index (χ0) is 6.57. The summed E-state index contributed by atoms with van der Waals surface area (Å²) in [5.74, 6) is 0. The molecule has 0 aromatic heterocycles. The van der Waals surface area contributed by atoms with Crippen molar-refractivity contribution in [3.8, 4) is 0 Å². The van der Waals surface area contributed by atoms with Gasteiger partial charge in [-0.1, -0.05) is 12.2 Å². The lowest BCUT2D eigenvalue weighted by Crippen LogP contribution is -2.19. The number of halogens is 2. The number of nitrogens with zero attached hydrogens (tertiary/aromatic N) is 1. The third-order valence-electron chi connectivity index (χ3n) is 0.845. The second-order valence-electron chi connectivity index (χ2n) is 1.86. The minimum Gasteiger partial charge on any atom is -0.290 e. The molecule has 3 heteroatoms. The molecule has 0 radical (unpaired) electrons. The van der Waals surface area contributed by atoms with Crippen molar-refractivity contribution in [2.45, 2.75) is 12.4 Å². The summed E-state index contributed by atoms with van der Waals surface area (Å²) in [4.78, 5) is 1.93. The van der Waals surface area contributed by atoms with E-state index < -0.39 is 0 Å². The molecule has 0 fully saturated rings. The van der Waals surface area contributed by atoms with Crippen molar-refractivity contribution in [3.63, 3.8) is 0 Å². The minimum absolute atomic E-state index is 0. The van der Waals surface area contributed by atoms with Crippen molar-refractivity contribution >= 4 is 24.0 Å². The van der Waals surface area contributed by atoms with Crippen LogP contribution in [0.5, 0.6) is 0 Å². The molecule has 1 unspecified atom stereocenters. The van der Waals surface area contributed by atoms with Gasteiger partial charge in [0.15, 0.2) is 0 Å². The Morgan fingerprint density at radius 2 is 1.89 bits per heavy atom. The first-order valence-corrected chi connectivity index (χ1v) is 3.05. The maximum atomic E-state index is 5.75. The fraction of sp³-hybridized carbons (Fsp3) is 0.667. The van der Waals surface area contributed by atoms with Crippen LogP contribution in [0.25, 0.3) is 0 Å². The van der Waals surface area contributed by atoms with E-state index in [1.165, 1.54) is 0 Å². The Balaban J connectivity index is 0. The Hall–Kier alpha value is 0.280. The number of hydrogen-bond acceptors (Lipinski definition) is 1. The summed E-state index contributed by atoms with van der Waals surface area (Å²) in [7, 11) is 3.88. The van der Waals surface area contributed by atoms with Crippen LogP contribution in [0.2, 0.25) is 0 Å². The topological polar surface area (TPSA) is 3.24 Å². The second kappa shape index (κ2) is 6.40. The van der Waals surface area contributed by atoms with Crippen LogP contribution in [0.3, 0.4) is 0 Å². The van der Waals surface area contributed by atoms with Crippen molar-refractivity contribution in [2.24, 2.45) is 0 Å². The Bertz CT molecular complexity index is 81.1. The predicted octanol–water partition coefficient (Wildman–Crippen LogP) is 2.11. The van der Waals surface area contributed by atoms with Gasteiger partial charge >= 0.3 is 0 Å². The Morgan fingerprint density at radius 3 is 2.00 bits per heavy atom. The van der Waals surface area contributed by atoms with Gasteiger partial charge in [0.05, 0.1) is 0 Å². The average Bonchev–Trinajstić information content (AvgIpc) is 1.67. The lowest BCUT2D eigenvalue weighted by molar-refractivity contribution is 0.421. The zero-order valence-corrected chi connectivity index (χ0v) is 7.54. The molecule has 0 rings (SSSR count). The summed E-state index contributed by atoms with van der Waals surface area (Å²) in [6.07, 6.45) is 3.87. The van der Waals surface area contributed by atoms with E-state index in [0.29, 0.717) is 0 Å². The Morgan fingerprint density at radius 1 is 1.44 bits per heavy atom. The van der Waals surface area contributed by atoms with Crippen LogP contribution in [0, 0.1) is 0 Å². The molecule has 1 nitrogen and oxygen atoms in total. The largest absolute Gasteiger partial charge is 0.290 e. The fourth-order valence-corrected chi connectivity index (χ4v) is 0.476. The summed E-state index contributed by atoms with van der Waals surface area (Å²) in [5.41, 5.74) is 0.0417. The van der Waals surface area contributed by atoms with E-state index in [9.17, 15) is 0 Å². The highest BCUT2D eigenvalue weighted by Gasteiger charge is 1.97. The zero-order valence-electron chi connectivity index (χ0n) is 5.97. The van der Waals surface area contributed by atoms with Crippen molar-refractivity contribution in [1.29, 1.82) is 0 Å². The molecule has 1 atom stereocenters. The van der Waals surface area contributed by atoms with Crippen LogP contribution in [0.1, 0.15) is 6.92 Å². The van der Waals surface area contributed by atoms with Gasteiger partial charge in [-0.3, -0.25) is 4.90 Å². The van der Waals surface area contributed by atoms with Crippen LogP contribution < -0.4 is 0 Å². The molecular weight excluding hydrogens is 157 g/mol. The summed E-state index contributed by atoms with van der Waals surface area (Å²) in [6, 6.07) is 0. The first-order chi connectivity index (χ1) is 3.68. The Labute approximate surface area is 68.1 Å². The van der Waals surface area contributed by atoms with Gasteiger partial charge in [0.1, 0.15) is 5.50 Å². The molecule has 56 valence electrons. The van der Waals surface area contributed by atoms with Gasteiger partial charge in [-0.25, -0.2) is 0 Å². The van der Waals surface area contributed by atoms with Crippen molar-refractivity contribution in [2.75, 3.05) is 14.1 Å². The number of rotatable bonds is 2. The highest BCUT2D eigenvalue weighted by atomic mass is 35.5. The first kappa shape index (κ1) is 12.0. The molecule has 9 heavy (non-hydrogen) atoms. The highest BCUT2D eigenvalue weighted by molar-refractivity contribution is 6.21. The van der Waals surface area contributed by atoms with Crippen LogP contribution in [0.4, 0.5) is 0 Å². The SMILES string of the molecule is C/C=C/C(Cl)N(C)C.Cl. The maximum Gasteiger partial charge on any atom is 0.103 e. The number of allylic oxidation sites excluding steroid dienone is 1. The van der Waals surface area contributed by atoms with Crippen LogP contribution in [-0.2, 0) is 0 Å². The second-order valence-corrected chi connectivity index (χ2v) is 2.31. The summed E-state index contributed by atoms with van der Waals surface area (Å²) < 4.78 is 0. The standard InChI is InChI=1S/C6H12ClN.ClH/c1-4-5-6(7)8(2)3;/h4-6H,1-3H3;1H/b5-4+;. The fourth-order valence-electron chi connectivity index (χ4n) is 0.331. The molecular formula is C6H13Cl2N. The van der Waals surface area contributed by atoms with E-state index in [1.807, 2.05) is 38.1 Å². The van der Waals surface area contributed by atoms with Crippen molar-refractivity contribution < 1.29 is 0 Å².